The molecular formula is C5H11NS. The van der Waals surface area contributed by atoms with Crippen molar-refractivity contribution in [1.29, 1.82) is 0 Å². The lowest BCUT2D eigenvalue weighted by atomic mass is 10.3. The van der Waals surface area contributed by atoms with Gasteiger partial charge in [0.05, 0.1) is 0 Å². The van der Waals surface area contributed by atoms with E-state index in [4.69, 9.17) is 0 Å². The number of rotatable bonds is 1. The average molecular weight is 117 g/mol. The molecule has 1 saturated heterocycles. The lowest BCUT2D eigenvalue weighted by Crippen LogP contribution is -2.39. The average Bonchev–Trinajstić information content (AvgIpc) is 1.23. The van der Waals surface area contributed by atoms with E-state index in [9.17, 15) is 0 Å². The minimum absolute atomic E-state index is 0.880. The quantitative estimate of drug-likeness (QED) is 0.496. The molecule has 0 N–H and O–H groups in total. The fourth-order valence-corrected chi connectivity index (χ4v) is 1.56. The fraction of sp³-hybridized carbons (Fsp3) is 1.00. The van der Waals surface area contributed by atoms with Gasteiger partial charge >= 0.3 is 0 Å². The van der Waals surface area contributed by atoms with Crippen LogP contribution in [0.4, 0.5) is 0 Å². The molecule has 1 nitrogen and oxygen atoms in total. The lowest BCUT2D eigenvalue weighted by Gasteiger charge is -2.30. The van der Waals surface area contributed by atoms with Crippen molar-refractivity contribution in [2.24, 2.45) is 0 Å². The standard InChI is InChI=1S/C5H11NS/c1-6(2)5-3-7-4-5/h5H,3-4H2,1-2H3. The van der Waals surface area contributed by atoms with Gasteiger partial charge in [-0.05, 0) is 14.1 Å². The van der Waals surface area contributed by atoms with E-state index in [0.29, 0.717) is 0 Å². The van der Waals surface area contributed by atoms with Gasteiger partial charge in [0, 0.05) is 17.5 Å². The first-order valence-corrected chi connectivity index (χ1v) is 3.70. The predicted molar refractivity (Wildman–Crippen MR) is 34.8 cm³/mol. The van der Waals surface area contributed by atoms with E-state index in [1.807, 2.05) is 11.8 Å². The van der Waals surface area contributed by atoms with Crippen LogP contribution in [0.1, 0.15) is 0 Å². The van der Waals surface area contributed by atoms with E-state index in [-0.39, 0.29) is 0 Å². The fourth-order valence-electron chi connectivity index (χ4n) is 0.521. The molecule has 0 aromatic rings. The largest absolute Gasteiger partial charge is 0.305 e. The lowest BCUT2D eigenvalue weighted by molar-refractivity contribution is 0.333. The summed E-state index contributed by atoms with van der Waals surface area (Å²) in [7, 11) is 4.29. The Morgan fingerprint density at radius 1 is 1.43 bits per heavy atom. The van der Waals surface area contributed by atoms with E-state index < -0.39 is 0 Å². The van der Waals surface area contributed by atoms with Crippen molar-refractivity contribution >= 4 is 11.8 Å². The molecule has 0 bridgehead atoms. The molecule has 0 saturated carbocycles. The molecule has 0 aliphatic carbocycles. The van der Waals surface area contributed by atoms with Crippen LogP contribution in [-0.4, -0.2) is 36.5 Å². The molecule has 1 rings (SSSR count). The minimum Gasteiger partial charge on any atom is -0.305 e. The number of thioether (sulfide) groups is 1. The molecule has 42 valence electrons. The summed E-state index contributed by atoms with van der Waals surface area (Å²) in [6, 6.07) is 0.880. The highest BCUT2D eigenvalue weighted by Gasteiger charge is 2.18. The molecule has 1 heterocycles. The minimum atomic E-state index is 0.880. The van der Waals surface area contributed by atoms with Crippen LogP contribution < -0.4 is 0 Å². The smallest absolute Gasteiger partial charge is 0.0270 e. The summed E-state index contributed by atoms with van der Waals surface area (Å²) in [4.78, 5) is 2.29. The van der Waals surface area contributed by atoms with Gasteiger partial charge in [-0.15, -0.1) is 0 Å². The SMILES string of the molecule is CN(C)C1CSC1. The Morgan fingerprint density at radius 2 is 2.00 bits per heavy atom. The maximum Gasteiger partial charge on any atom is 0.0270 e. The van der Waals surface area contributed by atoms with Crippen molar-refractivity contribution in [3.05, 3.63) is 0 Å². The topological polar surface area (TPSA) is 3.24 Å². The molecular weight excluding hydrogens is 106 g/mol. The molecule has 0 radical (unpaired) electrons. The Kier molecular flexibility index (Phi) is 1.60. The molecule has 0 amide bonds. The van der Waals surface area contributed by atoms with Crippen molar-refractivity contribution < 1.29 is 0 Å². The molecule has 0 atom stereocenters. The second kappa shape index (κ2) is 2.05. The maximum atomic E-state index is 2.29. The van der Waals surface area contributed by atoms with Gasteiger partial charge in [0.15, 0.2) is 0 Å². The Bertz CT molecular complexity index is 59.1. The van der Waals surface area contributed by atoms with E-state index in [1.165, 1.54) is 11.5 Å². The van der Waals surface area contributed by atoms with E-state index in [0.717, 1.165) is 6.04 Å². The number of hydrogen-bond acceptors (Lipinski definition) is 2. The number of hydrogen-bond donors (Lipinski definition) is 0. The summed E-state index contributed by atoms with van der Waals surface area (Å²) in [5.74, 6) is 2.68. The summed E-state index contributed by atoms with van der Waals surface area (Å²) in [6.07, 6.45) is 0. The van der Waals surface area contributed by atoms with E-state index in [1.54, 1.807) is 0 Å². The van der Waals surface area contributed by atoms with Crippen molar-refractivity contribution in [2.45, 2.75) is 6.04 Å². The zero-order valence-electron chi connectivity index (χ0n) is 4.85. The second-order valence-corrected chi connectivity index (χ2v) is 3.23. The van der Waals surface area contributed by atoms with Crippen LogP contribution in [-0.2, 0) is 0 Å². The summed E-state index contributed by atoms with van der Waals surface area (Å²) < 4.78 is 0. The van der Waals surface area contributed by atoms with Crippen LogP contribution in [0.5, 0.6) is 0 Å². The highest BCUT2D eigenvalue weighted by Crippen LogP contribution is 2.20. The van der Waals surface area contributed by atoms with Gasteiger partial charge in [-0.1, -0.05) is 0 Å². The van der Waals surface area contributed by atoms with Gasteiger partial charge < -0.3 is 4.90 Å². The summed E-state index contributed by atoms with van der Waals surface area (Å²) in [5.41, 5.74) is 0. The molecule has 0 unspecified atom stereocenters. The third kappa shape index (κ3) is 1.10. The van der Waals surface area contributed by atoms with Crippen LogP contribution in [0.25, 0.3) is 0 Å². The molecule has 2 heteroatoms. The third-order valence-corrected chi connectivity index (χ3v) is 2.59. The summed E-state index contributed by atoms with van der Waals surface area (Å²) in [6.45, 7) is 0. The van der Waals surface area contributed by atoms with Crippen molar-refractivity contribution in [1.82, 2.24) is 4.90 Å². The van der Waals surface area contributed by atoms with Crippen molar-refractivity contribution in [2.75, 3.05) is 25.6 Å². The van der Waals surface area contributed by atoms with Crippen LogP contribution in [0.15, 0.2) is 0 Å². The van der Waals surface area contributed by atoms with Crippen LogP contribution in [0.3, 0.4) is 0 Å². The first kappa shape index (κ1) is 5.45. The van der Waals surface area contributed by atoms with E-state index >= 15 is 0 Å². The Morgan fingerprint density at radius 3 is 2.00 bits per heavy atom. The Hall–Kier alpha value is 0.310. The van der Waals surface area contributed by atoms with Crippen LogP contribution >= 0.6 is 11.8 Å². The molecule has 0 aromatic heterocycles. The van der Waals surface area contributed by atoms with Crippen molar-refractivity contribution in [3.63, 3.8) is 0 Å². The molecule has 1 aliphatic heterocycles. The monoisotopic (exact) mass is 117 g/mol. The normalized spacial score (nSPS) is 22.7. The first-order valence-electron chi connectivity index (χ1n) is 2.55. The van der Waals surface area contributed by atoms with Gasteiger partial charge in [-0.25, -0.2) is 0 Å². The van der Waals surface area contributed by atoms with Gasteiger partial charge in [0.1, 0.15) is 0 Å². The van der Waals surface area contributed by atoms with Crippen LogP contribution in [0.2, 0.25) is 0 Å². The zero-order valence-corrected chi connectivity index (χ0v) is 5.66. The van der Waals surface area contributed by atoms with Gasteiger partial charge in [0.2, 0.25) is 0 Å². The molecule has 0 spiro atoms. The Balaban J connectivity index is 2.14. The third-order valence-electron chi connectivity index (χ3n) is 1.35. The van der Waals surface area contributed by atoms with Gasteiger partial charge in [-0.2, -0.15) is 11.8 Å². The highest BCUT2D eigenvalue weighted by molar-refractivity contribution is 8.00. The zero-order chi connectivity index (χ0) is 5.28. The predicted octanol–water partition coefficient (Wildman–Crippen LogP) is 0.663. The molecule has 7 heavy (non-hydrogen) atoms. The molecule has 1 fully saturated rings. The summed E-state index contributed by atoms with van der Waals surface area (Å²) >= 11 is 2.03. The summed E-state index contributed by atoms with van der Waals surface area (Å²) in [5, 5.41) is 0. The van der Waals surface area contributed by atoms with E-state index in [2.05, 4.69) is 19.0 Å². The van der Waals surface area contributed by atoms with Gasteiger partial charge in [0.25, 0.3) is 0 Å². The van der Waals surface area contributed by atoms with Crippen LogP contribution in [0, 0.1) is 0 Å². The number of nitrogens with zero attached hydrogens (tertiary/aromatic N) is 1. The maximum absolute atomic E-state index is 2.29. The van der Waals surface area contributed by atoms with Crippen molar-refractivity contribution in [3.8, 4) is 0 Å². The van der Waals surface area contributed by atoms with Gasteiger partial charge in [-0.3, -0.25) is 0 Å². The Labute approximate surface area is 49.1 Å². The second-order valence-electron chi connectivity index (χ2n) is 2.15. The molecule has 0 aromatic carbocycles. The first-order chi connectivity index (χ1) is 3.30. The molecule has 1 aliphatic rings. The highest BCUT2D eigenvalue weighted by atomic mass is 32.2.